The van der Waals surface area contributed by atoms with Crippen molar-refractivity contribution in [3.05, 3.63) is 64.1 Å². The van der Waals surface area contributed by atoms with Crippen molar-refractivity contribution in [3.8, 4) is 11.5 Å². The van der Waals surface area contributed by atoms with Crippen molar-refractivity contribution < 1.29 is 14.3 Å². The predicted octanol–water partition coefficient (Wildman–Crippen LogP) is 4.49. The molecule has 7 heteroatoms. The molecule has 0 bridgehead atoms. The van der Waals surface area contributed by atoms with Crippen LogP contribution in [0.3, 0.4) is 0 Å². The second-order valence-corrected chi connectivity index (χ2v) is 7.27. The largest absolute Gasteiger partial charge is 0.497 e. The fourth-order valence-electron chi connectivity index (χ4n) is 3.31. The molecule has 1 aliphatic heterocycles. The van der Waals surface area contributed by atoms with Gasteiger partial charge in [-0.1, -0.05) is 19.1 Å². The van der Waals surface area contributed by atoms with E-state index in [9.17, 15) is 4.79 Å². The number of aryl methyl sites for hydroxylation is 1. The summed E-state index contributed by atoms with van der Waals surface area (Å²) >= 11 is 1.60. The molecule has 6 nitrogen and oxygen atoms in total. The monoisotopic (exact) mass is 395 g/mol. The number of nitrogens with zero attached hydrogens (tertiary/aromatic N) is 2. The first-order valence-corrected chi connectivity index (χ1v) is 9.89. The molecule has 0 saturated carbocycles. The second kappa shape index (κ2) is 7.52. The number of carbonyl (C=O) groups is 1. The van der Waals surface area contributed by atoms with E-state index in [1.54, 1.807) is 36.5 Å². The molecule has 144 valence electrons. The van der Waals surface area contributed by atoms with Gasteiger partial charge < -0.3 is 14.8 Å². The van der Waals surface area contributed by atoms with Gasteiger partial charge in [-0.3, -0.25) is 9.69 Å². The van der Waals surface area contributed by atoms with Crippen LogP contribution in [0, 0.1) is 0 Å². The molecule has 2 heterocycles. The van der Waals surface area contributed by atoms with Gasteiger partial charge in [0.15, 0.2) is 6.17 Å². The number of carbonyl (C=O) groups excluding carboxylic acids is 1. The summed E-state index contributed by atoms with van der Waals surface area (Å²) in [6.07, 6.45) is 0.426. The minimum atomic E-state index is -0.429. The average Bonchev–Trinajstić information content (AvgIpc) is 3.22. The lowest BCUT2D eigenvalue weighted by molar-refractivity contribution is 0.0973. The van der Waals surface area contributed by atoms with Crippen LogP contribution in [0.4, 0.5) is 11.4 Å². The summed E-state index contributed by atoms with van der Waals surface area (Å²) in [6, 6.07) is 12.9. The lowest BCUT2D eigenvalue weighted by Crippen LogP contribution is -2.43. The average molecular weight is 395 g/mol. The van der Waals surface area contributed by atoms with E-state index in [-0.39, 0.29) is 5.91 Å². The lowest BCUT2D eigenvalue weighted by atomic mass is 10.0. The van der Waals surface area contributed by atoms with Crippen LogP contribution in [0.1, 0.15) is 34.1 Å². The van der Waals surface area contributed by atoms with Gasteiger partial charge in [0.2, 0.25) is 0 Å². The molecule has 4 rings (SSSR count). The van der Waals surface area contributed by atoms with Crippen molar-refractivity contribution in [1.29, 1.82) is 0 Å². The SMILES string of the molecule is CCc1nc([C@H]2Nc3ccccc3C(=O)N2c2ccc(OC)cc2OC)cs1. The molecule has 3 aromatic rings. The molecular weight excluding hydrogens is 374 g/mol. The van der Waals surface area contributed by atoms with Crippen molar-refractivity contribution >= 4 is 28.6 Å². The van der Waals surface area contributed by atoms with Crippen LogP contribution in [-0.2, 0) is 6.42 Å². The molecule has 0 saturated heterocycles. The number of para-hydroxylation sites is 1. The van der Waals surface area contributed by atoms with Crippen LogP contribution >= 0.6 is 11.3 Å². The van der Waals surface area contributed by atoms with Crippen molar-refractivity contribution in [2.45, 2.75) is 19.5 Å². The molecule has 0 aliphatic carbocycles. The third-order valence-electron chi connectivity index (χ3n) is 4.73. The van der Waals surface area contributed by atoms with Gasteiger partial charge in [-0.05, 0) is 30.7 Å². The summed E-state index contributed by atoms with van der Waals surface area (Å²) in [7, 11) is 3.18. The molecule has 2 aromatic carbocycles. The molecule has 1 aromatic heterocycles. The quantitative estimate of drug-likeness (QED) is 0.689. The fourth-order valence-corrected chi connectivity index (χ4v) is 4.07. The highest BCUT2D eigenvalue weighted by Gasteiger charge is 2.36. The van der Waals surface area contributed by atoms with Crippen molar-refractivity contribution in [2.24, 2.45) is 0 Å². The summed E-state index contributed by atoms with van der Waals surface area (Å²) in [5.74, 6) is 1.12. The Bertz CT molecular complexity index is 1020. The molecule has 1 N–H and O–H groups in total. The van der Waals surface area contributed by atoms with E-state index < -0.39 is 6.17 Å². The van der Waals surface area contributed by atoms with Crippen LogP contribution in [0.15, 0.2) is 47.8 Å². The molecule has 1 amide bonds. The Balaban J connectivity index is 1.87. The third-order valence-corrected chi connectivity index (χ3v) is 5.74. The highest BCUT2D eigenvalue weighted by Crippen LogP contribution is 2.41. The van der Waals surface area contributed by atoms with Crippen molar-refractivity contribution in [3.63, 3.8) is 0 Å². The molecule has 1 aliphatic rings. The van der Waals surface area contributed by atoms with Crippen LogP contribution < -0.4 is 19.7 Å². The Morgan fingerprint density at radius 2 is 2.00 bits per heavy atom. The predicted molar refractivity (Wildman–Crippen MR) is 111 cm³/mol. The van der Waals surface area contributed by atoms with Crippen LogP contribution in [0.2, 0.25) is 0 Å². The number of fused-ring (bicyclic) bond motifs is 1. The summed E-state index contributed by atoms with van der Waals surface area (Å²) in [5.41, 5.74) is 2.88. The first kappa shape index (κ1) is 18.3. The Morgan fingerprint density at radius 1 is 1.18 bits per heavy atom. The molecule has 0 radical (unpaired) electrons. The van der Waals surface area contributed by atoms with Gasteiger partial charge in [0.05, 0.1) is 36.2 Å². The van der Waals surface area contributed by atoms with Crippen molar-refractivity contribution in [2.75, 3.05) is 24.4 Å². The number of methoxy groups -OCH3 is 2. The summed E-state index contributed by atoms with van der Waals surface area (Å²) < 4.78 is 10.9. The smallest absolute Gasteiger partial charge is 0.262 e. The van der Waals surface area contributed by atoms with E-state index in [4.69, 9.17) is 14.5 Å². The molecular formula is C21H21N3O3S. The highest BCUT2D eigenvalue weighted by atomic mass is 32.1. The standard InChI is InChI=1S/C21H21N3O3S/c1-4-19-22-16(12-28-19)20-23-15-8-6-5-7-14(15)21(25)24(20)17-10-9-13(26-2)11-18(17)27-3/h5-12,20,23H,4H2,1-3H3/t20-/m0/s1. The number of hydrogen-bond acceptors (Lipinski definition) is 6. The fraction of sp³-hybridized carbons (Fsp3) is 0.238. The summed E-state index contributed by atoms with van der Waals surface area (Å²) in [5, 5.41) is 6.50. The minimum absolute atomic E-state index is 0.103. The zero-order valence-corrected chi connectivity index (χ0v) is 16.7. The van der Waals surface area contributed by atoms with E-state index in [2.05, 4.69) is 12.2 Å². The Kier molecular flexibility index (Phi) is 4.92. The second-order valence-electron chi connectivity index (χ2n) is 6.33. The first-order chi connectivity index (χ1) is 13.7. The van der Waals surface area contributed by atoms with E-state index >= 15 is 0 Å². The normalized spacial score (nSPS) is 15.8. The van der Waals surface area contributed by atoms with Crippen LogP contribution in [0.5, 0.6) is 11.5 Å². The van der Waals surface area contributed by atoms with Crippen molar-refractivity contribution in [1.82, 2.24) is 4.98 Å². The zero-order valence-electron chi connectivity index (χ0n) is 15.9. The van der Waals surface area contributed by atoms with E-state index in [0.717, 1.165) is 22.8 Å². The van der Waals surface area contributed by atoms with Gasteiger partial charge in [-0.2, -0.15) is 0 Å². The van der Waals surface area contributed by atoms with Gasteiger partial charge in [0.25, 0.3) is 5.91 Å². The van der Waals surface area contributed by atoms with Crippen LogP contribution in [0.25, 0.3) is 0 Å². The molecule has 1 atom stereocenters. The summed E-state index contributed by atoms with van der Waals surface area (Å²) in [4.78, 5) is 19.9. The number of ether oxygens (including phenoxy) is 2. The maximum Gasteiger partial charge on any atom is 0.262 e. The molecule has 28 heavy (non-hydrogen) atoms. The topological polar surface area (TPSA) is 63.7 Å². The van der Waals surface area contributed by atoms with Gasteiger partial charge in [-0.25, -0.2) is 4.98 Å². The number of aromatic nitrogens is 1. The highest BCUT2D eigenvalue weighted by molar-refractivity contribution is 7.09. The Hall–Kier alpha value is -3.06. The molecule has 0 fully saturated rings. The number of hydrogen-bond donors (Lipinski definition) is 1. The zero-order chi connectivity index (χ0) is 19.7. The van der Waals surface area contributed by atoms with E-state index in [0.29, 0.717) is 22.7 Å². The van der Waals surface area contributed by atoms with Crippen LogP contribution in [-0.4, -0.2) is 25.1 Å². The van der Waals surface area contributed by atoms with Gasteiger partial charge in [-0.15, -0.1) is 11.3 Å². The summed E-state index contributed by atoms with van der Waals surface area (Å²) in [6.45, 7) is 2.07. The number of rotatable bonds is 5. The number of amides is 1. The van der Waals surface area contributed by atoms with E-state index in [1.165, 1.54) is 0 Å². The minimum Gasteiger partial charge on any atom is -0.497 e. The number of benzene rings is 2. The number of thiazole rings is 1. The van der Waals surface area contributed by atoms with Gasteiger partial charge in [0.1, 0.15) is 11.5 Å². The van der Waals surface area contributed by atoms with Gasteiger partial charge in [0, 0.05) is 17.1 Å². The molecule has 0 unspecified atom stereocenters. The number of anilines is 2. The van der Waals surface area contributed by atoms with E-state index in [1.807, 2.05) is 41.8 Å². The number of nitrogens with one attached hydrogen (secondary N) is 1. The lowest BCUT2D eigenvalue weighted by Gasteiger charge is -2.37. The maximum atomic E-state index is 13.5. The Morgan fingerprint density at radius 3 is 2.71 bits per heavy atom. The maximum absolute atomic E-state index is 13.5. The third kappa shape index (κ3) is 3.07. The molecule has 0 spiro atoms. The first-order valence-electron chi connectivity index (χ1n) is 9.01. The Labute approximate surface area is 167 Å². The van der Waals surface area contributed by atoms with Gasteiger partial charge >= 0.3 is 0 Å².